The van der Waals surface area contributed by atoms with E-state index in [0.717, 1.165) is 30.5 Å². The molecule has 0 aliphatic rings. The molecule has 0 aliphatic heterocycles. The summed E-state index contributed by atoms with van der Waals surface area (Å²) < 4.78 is 15.2. The van der Waals surface area contributed by atoms with Gasteiger partial charge in [-0.2, -0.15) is 0 Å². The summed E-state index contributed by atoms with van der Waals surface area (Å²) in [5.74, 6) is -0.170. The highest BCUT2D eigenvalue weighted by Crippen LogP contribution is 2.16. The molecule has 2 nitrogen and oxygen atoms in total. The van der Waals surface area contributed by atoms with Gasteiger partial charge in [0.15, 0.2) is 0 Å². The Hall–Kier alpha value is -1.35. The van der Waals surface area contributed by atoms with Crippen molar-refractivity contribution in [2.45, 2.75) is 26.3 Å². The molecule has 0 bridgehead atoms. The summed E-state index contributed by atoms with van der Waals surface area (Å²) in [6.45, 7) is 5.15. The number of benzene rings is 1. The smallest absolute Gasteiger partial charge is 0.123 e. The first-order chi connectivity index (χ1) is 8.31. The third kappa shape index (κ3) is 3.07. The van der Waals surface area contributed by atoms with Crippen molar-refractivity contribution < 1.29 is 4.39 Å². The topological polar surface area (TPSA) is 17.0 Å². The van der Waals surface area contributed by atoms with Crippen LogP contribution in [0.15, 0.2) is 30.5 Å². The molecule has 92 valence electrons. The highest BCUT2D eigenvalue weighted by atomic mass is 19.1. The molecule has 0 saturated heterocycles. The number of hydrogen-bond donors (Lipinski definition) is 1. The molecule has 1 heterocycles. The van der Waals surface area contributed by atoms with E-state index in [9.17, 15) is 4.39 Å². The molecule has 17 heavy (non-hydrogen) atoms. The molecule has 0 amide bonds. The standard InChI is InChI=1S/C14H19FN2/c1-2-3-7-16-8-10-17-9-6-12-11-13(15)4-5-14(12)17/h4-6,9,11,16H,2-3,7-8,10H2,1H3. The van der Waals surface area contributed by atoms with Gasteiger partial charge in [-0.15, -0.1) is 0 Å². The molecule has 0 atom stereocenters. The third-order valence-corrected chi connectivity index (χ3v) is 2.97. The van der Waals surface area contributed by atoms with Crippen molar-refractivity contribution in [1.29, 1.82) is 0 Å². The van der Waals surface area contributed by atoms with E-state index in [1.54, 1.807) is 6.07 Å². The molecule has 0 radical (unpaired) electrons. The Morgan fingerprint density at radius 1 is 1.24 bits per heavy atom. The van der Waals surface area contributed by atoms with Gasteiger partial charge in [0.25, 0.3) is 0 Å². The van der Waals surface area contributed by atoms with Gasteiger partial charge in [-0.3, -0.25) is 0 Å². The number of unbranched alkanes of at least 4 members (excludes halogenated alkanes) is 1. The Kier molecular flexibility index (Phi) is 4.15. The summed E-state index contributed by atoms with van der Waals surface area (Å²) in [6.07, 6.45) is 4.46. The number of nitrogens with zero attached hydrogens (tertiary/aromatic N) is 1. The predicted molar refractivity (Wildman–Crippen MR) is 69.7 cm³/mol. The number of aromatic nitrogens is 1. The normalized spacial score (nSPS) is 11.2. The molecular formula is C14H19FN2. The monoisotopic (exact) mass is 234 g/mol. The molecule has 0 fully saturated rings. The minimum absolute atomic E-state index is 0.170. The Morgan fingerprint density at radius 2 is 2.12 bits per heavy atom. The second-order valence-electron chi connectivity index (χ2n) is 4.32. The zero-order valence-electron chi connectivity index (χ0n) is 10.2. The van der Waals surface area contributed by atoms with Gasteiger partial charge in [0.05, 0.1) is 0 Å². The van der Waals surface area contributed by atoms with Crippen molar-refractivity contribution in [3.8, 4) is 0 Å². The lowest BCUT2D eigenvalue weighted by atomic mass is 10.2. The van der Waals surface area contributed by atoms with E-state index in [-0.39, 0.29) is 5.82 Å². The first-order valence-corrected chi connectivity index (χ1v) is 6.26. The molecule has 0 aliphatic carbocycles. The van der Waals surface area contributed by atoms with Crippen LogP contribution in [-0.2, 0) is 6.54 Å². The summed E-state index contributed by atoms with van der Waals surface area (Å²) >= 11 is 0. The van der Waals surface area contributed by atoms with E-state index in [0.29, 0.717) is 0 Å². The Bertz CT molecular complexity index is 476. The predicted octanol–water partition coefficient (Wildman–Crippen LogP) is 3.17. The third-order valence-electron chi connectivity index (χ3n) is 2.97. The van der Waals surface area contributed by atoms with Gasteiger partial charge >= 0.3 is 0 Å². The van der Waals surface area contributed by atoms with E-state index >= 15 is 0 Å². The molecule has 0 spiro atoms. The van der Waals surface area contributed by atoms with Gasteiger partial charge in [0.1, 0.15) is 5.82 Å². The van der Waals surface area contributed by atoms with Crippen LogP contribution in [0.3, 0.4) is 0 Å². The lowest BCUT2D eigenvalue weighted by molar-refractivity contribution is 0.588. The number of hydrogen-bond acceptors (Lipinski definition) is 1. The number of fused-ring (bicyclic) bond motifs is 1. The van der Waals surface area contributed by atoms with Crippen LogP contribution in [0.5, 0.6) is 0 Å². The molecular weight excluding hydrogens is 215 g/mol. The van der Waals surface area contributed by atoms with E-state index in [1.807, 2.05) is 18.3 Å². The van der Waals surface area contributed by atoms with Gasteiger partial charge in [-0.25, -0.2) is 4.39 Å². The van der Waals surface area contributed by atoms with Crippen molar-refractivity contribution in [1.82, 2.24) is 9.88 Å². The lowest BCUT2D eigenvalue weighted by Gasteiger charge is -2.06. The minimum atomic E-state index is -0.170. The Balaban J connectivity index is 1.95. The molecule has 0 unspecified atom stereocenters. The fraction of sp³-hybridized carbons (Fsp3) is 0.429. The van der Waals surface area contributed by atoms with Crippen LogP contribution in [0.4, 0.5) is 4.39 Å². The summed E-state index contributed by atoms with van der Waals surface area (Å²) in [7, 11) is 0. The second-order valence-corrected chi connectivity index (χ2v) is 4.32. The molecule has 1 N–H and O–H groups in total. The fourth-order valence-corrected chi connectivity index (χ4v) is 1.99. The lowest BCUT2D eigenvalue weighted by Crippen LogP contribution is -2.20. The molecule has 1 aromatic heterocycles. The Morgan fingerprint density at radius 3 is 2.94 bits per heavy atom. The largest absolute Gasteiger partial charge is 0.346 e. The van der Waals surface area contributed by atoms with Gasteiger partial charge in [-0.1, -0.05) is 13.3 Å². The first kappa shape index (κ1) is 12.1. The Labute approximate surface area is 101 Å². The molecule has 1 aromatic carbocycles. The van der Waals surface area contributed by atoms with Gasteiger partial charge < -0.3 is 9.88 Å². The van der Waals surface area contributed by atoms with Gasteiger partial charge in [-0.05, 0) is 37.2 Å². The highest BCUT2D eigenvalue weighted by molar-refractivity contribution is 5.80. The molecule has 2 rings (SSSR count). The van der Waals surface area contributed by atoms with Gasteiger partial charge in [0, 0.05) is 30.2 Å². The zero-order valence-corrected chi connectivity index (χ0v) is 10.2. The number of nitrogens with one attached hydrogen (secondary N) is 1. The second kappa shape index (κ2) is 5.82. The van der Waals surface area contributed by atoms with Crippen molar-refractivity contribution in [2.75, 3.05) is 13.1 Å². The zero-order chi connectivity index (χ0) is 12.1. The van der Waals surface area contributed by atoms with Crippen LogP contribution in [0.2, 0.25) is 0 Å². The summed E-state index contributed by atoms with van der Waals surface area (Å²) in [5, 5.41) is 4.38. The SMILES string of the molecule is CCCCNCCn1ccc2cc(F)ccc21. The fourth-order valence-electron chi connectivity index (χ4n) is 1.99. The quantitative estimate of drug-likeness (QED) is 0.760. The van der Waals surface area contributed by atoms with Gasteiger partial charge in [0.2, 0.25) is 0 Å². The maximum atomic E-state index is 13.0. The highest BCUT2D eigenvalue weighted by Gasteiger charge is 2.01. The first-order valence-electron chi connectivity index (χ1n) is 6.26. The molecule has 2 aromatic rings. The van der Waals surface area contributed by atoms with Crippen molar-refractivity contribution in [3.63, 3.8) is 0 Å². The van der Waals surface area contributed by atoms with Crippen LogP contribution in [0.1, 0.15) is 19.8 Å². The summed E-state index contributed by atoms with van der Waals surface area (Å²) in [4.78, 5) is 0. The number of halogens is 1. The van der Waals surface area contributed by atoms with E-state index in [1.165, 1.54) is 18.9 Å². The van der Waals surface area contributed by atoms with Crippen molar-refractivity contribution >= 4 is 10.9 Å². The number of rotatable bonds is 6. The average molecular weight is 234 g/mol. The average Bonchev–Trinajstić information content (AvgIpc) is 2.71. The van der Waals surface area contributed by atoms with Crippen molar-refractivity contribution in [2.24, 2.45) is 0 Å². The van der Waals surface area contributed by atoms with Crippen LogP contribution in [-0.4, -0.2) is 17.7 Å². The van der Waals surface area contributed by atoms with E-state index in [2.05, 4.69) is 16.8 Å². The van der Waals surface area contributed by atoms with E-state index < -0.39 is 0 Å². The summed E-state index contributed by atoms with van der Waals surface area (Å²) in [6, 6.07) is 6.90. The van der Waals surface area contributed by atoms with Crippen LogP contribution >= 0.6 is 0 Å². The minimum Gasteiger partial charge on any atom is -0.346 e. The molecule has 3 heteroatoms. The van der Waals surface area contributed by atoms with Crippen molar-refractivity contribution in [3.05, 3.63) is 36.3 Å². The summed E-state index contributed by atoms with van der Waals surface area (Å²) in [5.41, 5.74) is 1.10. The maximum absolute atomic E-state index is 13.0. The van der Waals surface area contributed by atoms with Crippen LogP contribution < -0.4 is 5.32 Å². The van der Waals surface area contributed by atoms with E-state index in [4.69, 9.17) is 0 Å². The maximum Gasteiger partial charge on any atom is 0.123 e. The van der Waals surface area contributed by atoms with Crippen LogP contribution in [0.25, 0.3) is 10.9 Å². The van der Waals surface area contributed by atoms with Crippen LogP contribution in [0, 0.1) is 5.82 Å². The molecule has 0 saturated carbocycles.